The average Bonchev–Trinajstić information content (AvgIpc) is 2.42. The highest BCUT2D eigenvalue weighted by molar-refractivity contribution is 6.33. The molecule has 1 rings (SSSR count). The van der Waals surface area contributed by atoms with Gasteiger partial charge in [0.15, 0.2) is 6.29 Å². The summed E-state index contributed by atoms with van der Waals surface area (Å²) in [5, 5.41) is 10.6. The van der Waals surface area contributed by atoms with E-state index in [1.165, 1.54) is 12.1 Å². The van der Waals surface area contributed by atoms with Crippen molar-refractivity contribution in [2.45, 2.75) is 19.8 Å². The van der Waals surface area contributed by atoms with Gasteiger partial charge in [0.2, 0.25) is 0 Å². The molecule has 0 N–H and O–H groups in total. The molecule has 0 aromatic heterocycles. The Hall–Kier alpha value is -2.15. The number of hydrogen-bond donors (Lipinski definition) is 0. The zero-order chi connectivity index (χ0) is 15.8. The molecule has 0 amide bonds. The fourth-order valence-electron chi connectivity index (χ4n) is 1.60. The van der Waals surface area contributed by atoms with E-state index < -0.39 is 10.6 Å². The number of carbonyl (C=O) groups is 2. The minimum absolute atomic E-state index is 0.159. The van der Waals surface area contributed by atoms with Gasteiger partial charge in [0.25, 0.3) is 5.69 Å². The molecule has 1 aromatic rings. The highest BCUT2D eigenvalue weighted by Crippen LogP contribution is 2.32. The average molecular weight is 316 g/mol. The molecule has 0 radical (unpaired) electrons. The standard InChI is InChI=1S/C13H14ClNO6/c1-2-20-12(17)4-3-5-21-10-6-9(8-16)13(15(18)19)11(14)7-10/h6-8H,2-5H2,1H3. The van der Waals surface area contributed by atoms with Crippen LogP contribution in [-0.4, -0.2) is 30.4 Å². The summed E-state index contributed by atoms with van der Waals surface area (Å²) in [5.74, 6) is -0.0898. The van der Waals surface area contributed by atoms with E-state index in [1.807, 2.05) is 0 Å². The minimum atomic E-state index is -0.726. The predicted octanol–water partition coefficient (Wildman–Crippen LogP) is 2.78. The molecule has 0 aliphatic carbocycles. The van der Waals surface area contributed by atoms with Gasteiger partial charge in [0.1, 0.15) is 10.8 Å². The van der Waals surface area contributed by atoms with Crippen LogP contribution < -0.4 is 4.74 Å². The van der Waals surface area contributed by atoms with Gasteiger partial charge in [-0.15, -0.1) is 0 Å². The largest absolute Gasteiger partial charge is 0.493 e. The number of nitro benzene ring substituents is 1. The van der Waals surface area contributed by atoms with Crippen molar-refractivity contribution in [2.75, 3.05) is 13.2 Å². The number of benzene rings is 1. The number of ether oxygens (including phenoxy) is 2. The number of nitro groups is 1. The molecular formula is C13H14ClNO6. The van der Waals surface area contributed by atoms with E-state index in [0.29, 0.717) is 19.3 Å². The molecule has 7 nitrogen and oxygen atoms in total. The Labute approximate surface area is 125 Å². The molecule has 0 aliphatic rings. The van der Waals surface area contributed by atoms with E-state index in [0.717, 1.165) is 0 Å². The monoisotopic (exact) mass is 315 g/mol. The van der Waals surface area contributed by atoms with Crippen LogP contribution in [0.25, 0.3) is 0 Å². The molecular weight excluding hydrogens is 302 g/mol. The topological polar surface area (TPSA) is 95.7 Å². The Kier molecular flexibility index (Phi) is 6.61. The highest BCUT2D eigenvalue weighted by atomic mass is 35.5. The molecule has 0 spiro atoms. The van der Waals surface area contributed by atoms with Gasteiger partial charge >= 0.3 is 5.97 Å². The molecule has 0 unspecified atom stereocenters. The number of aldehydes is 1. The third kappa shape index (κ3) is 5.03. The van der Waals surface area contributed by atoms with Crippen molar-refractivity contribution < 1.29 is 24.0 Å². The molecule has 0 heterocycles. The van der Waals surface area contributed by atoms with E-state index >= 15 is 0 Å². The molecule has 0 aliphatic heterocycles. The number of nitrogens with zero attached hydrogens (tertiary/aromatic N) is 1. The molecule has 1 aromatic carbocycles. The number of esters is 1. The van der Waals surface area contributed by atoms with Gasteiger partial charge in [0.05, 0.1) is 23.7 Å². The lowest BCUT2D eigenvalue weighted by atomic mass is 10.2. The Morgan fingerprint density at radius 1 is 1.48 bits per heavy atom. The van der Waals surface area contributed by atoms with Crippen molar-refractivity contribution in [1.29, 1.82) is 0 Å². The fraction of sp³-hybridized carbons (Fsp3) is 0.385. The number of carbonyl (C=O) groups excluding carboxylic acids is 2. The molecule has 21 heavy (non-hydrogen) atoms. The van der Waals surface area contributed by atoms with E-state index in [9.17, 15) is 19.7 Å². The van der Waals surface area contributed by atoms with E-state index in [-0.39, 0.29) is 35.3 Å². The van der Waals surface area contributed by atoms with Gasteiger partial charge in [-0.3, -0.25) is 19.7 Å². The van der Waals surface area contributed by atoms with Gasteiger partial charge < -0.3 is 9.47 Å². The maximum absolute atomic E-state index is 11.1. The molecule has 0 saturated heterocycles. The fourth-order valence-corrected chi connectivity index (χ4v) is 1.89. The summed E-state index contributed by atoms with van der Waals surface area (Å²) < 4.78 is 10.1. The third-order valence-corrected chi connectivity index (χ3v) is 2.76. The van der Waals surface area contributed by atoms with Crippen LogP contribution in [0.5, 0.6) is 5.75 Å². The second-order valence-corrected chi connectivity index (χ2v) is 4.38. The summed E-state index contributed by atoms with van der Waals surface area (Å²) in [7, 11) is 0. The quantitative estimate of drug-likeness (QED) is 0.240. The van der Waals surface area contributed by atoms with E-state index in [2.05, 4.69) is 0 Å². The van der Waals surface area contributed by atoms with Crippen molar-refractivity contribution in [3.8, 4) is 5.75 Å². The lowest BCUT2D eigenvalue weighted by Crippen LogP contribution is -2.07. The van der Waals surface area contributed by atoms with Gasteiger partial charge in [-0.2, -0.15) is 0 Å². The van der Waals surface area contributed by atoms with Gasteiger partial charge in [-0.05, 0) is 19.4 Å². The lowest BCUT2D eigenvalue weighted by molar-refractivity contribution is -0.384. The Morgan fingerprint density at radius 2 is 2.19 bits per heavy atom. The number of rotatable bonds is 8. The number of hydrogen-bond acceptors (Lipinski definition) is 6. The molecule has 0 saturated carbocycles. The summed E-state index contributed by atoms with van der Waals surface area (Å²) >= 11 is 5.76. The lowest BCUT2D eigenvalue weighted by Gasteiger charge is -2.08. The van der Waals surface area contributed by atoms with Crippen LogP contribution in [0.2, 0.25) is 5.02 Å². The summed E-state index contributed by atoms with van der Waals surface area (Å²) in [4.78, 5) is 32.0. The minimum Gasteiger partial charge on any atom is -0.493 e. The van der Waals surface area contributed by atoms with E-state index in [4.69, 9.17) is 21.1 Å². The molecule has 0 fully saturated rings. The van der Waals surface area contributed by atoms with Gasteiger partial charge in [0, 0.05) is 12.5 Å². The van der Waals surface area contributed by atoms with Crippen molar-refractivity contribution in [3.05, 3.63) is 32.8 Å². The predicted molar refractivity (Wildman–Crippen MR) is 74.9 cm³/mol. The second-order valence-electron chi connectivity index (χ2n) is 3.97. The first-order chi connectivity index (χ1) is 9.99. The molecule has 0 atom stereocenters. The Balaban J connectivity index is 2.65. The van der Waals surface area contributed by atoms with Gasteiger partial charge in [-0.1, -0.05) is 11.6 Å². The van der Waals surface area contributed by atoms with Crippen LogP contribution in [-0.2, 0) is 9.53 Å². The van der Waals surface area contributed by atoms with Crippen LogP contribution in [0, 0.1) is 10.1 Å². The zero-order valence-electron chi connectivity index (χ0n) is 11.3. The van der Waals surface area contributed by atoms with Crippen molar-refractivity contribution in [2.24, 2.45) is 0 Å². The van der Waals surface area contributed by atoms with Crippen LogP contribution in [0.15, 0.2) is 12.1 Å². The SMILES string of the molecule is CCOC(=O)CCCOc1cc(Cl)c([N+](=O)[O-])c(C=O)c1. The molecule has 114 valence electrons. The van der Waals surface area contributed by atoms with Crippen LogP contribution >= 0.6 is 11.6 Å². The summed E-state index contributed by atoms with van der Waals surface area (Å²) in [6.45, 7) is 2.24. The van der Waals surface area contributed by atoms with E-state index in [1.54, 1.807) is 6.92 Å². The first kappa shape index (κ1) is 16.9. The smallest absolute Gasteiger partial charge is 0.305 e. The normalized spacial score (nSPS) is 10.0. The first-order valence-corrected chi connectivity index (χ1v) is 6.59. The molecule has 0 bridgehead atoms. The summed E-state index contributed by atoms with van der Waals surface area (Å²) in [5.41, 5.74) is -0.613. The maximum Gasteiger partial charge on any atom is 0.305 e. The summed E-state index contributed by atoms with van der Waals surface area (Å²) in [6.07, 6.45) is 0.967. The van der Waals surface area contributed by atoms with Crippen molar-refractivity contribution in [1.82, 2.24) is 0 Å². The van der Waals surface area contributed by atoms with Gasteiger partial charge in [-0.25, -0.2) is 0 Å². The van der Waals surface area contributed by atoms with Crippen molar-refractivity contribution >= 4 is 29.5 Å². The maximum atomic E-state index is 11.1. The molecule has 8 heteroatoms. The van der Waals surface area contributed by atoms with Crippen LogP contribution in [0.4, 0.5) is 5.69 Å². The number of halogens is 1. The Bertz CT molecular complexity index is 546. The zero-order valence-corrected chi connectivity index (χ0v) is 12.1. The first-order valence-electron chi connectivity index (χ1n) is 6.21. The highest BCUT2D eigenvalue weighted by Gasteiger charge is 2.20. The third-order valence-electron chi connectivity index (χ3n) is 2.48. The van der Waals surface area contributed by atoms with Crippen LogP contribution in [0.1, 0.15) is 30.1 Å². The van der Waals surface area contributed by atoms with Crippen molar-refractivity contribution in [3.63, 3.8) is 0 Å². The Morgan fingerprint density at radius 3 is 2.76 bits per heavy atom. The summed E-state index contributed by atoms with van der Waals surface area (Å²) in [6, 6.07) is 2.50. The van der Waals surface area contributed by atoms with Crippen LogP contribution in [0.3, 0.4) is 0 Å². The second kappa shape index (κ2) is 8.21.